The minimum absolute atomic E-state index is 0.390. The molecular weight excluding hydrogens is 158 g/mol. The van der Waals surface area contributed by atoms with Crippen LogP contribution in [0.15, 0.2) is 16.2 Å². The molecule has 0 saturated carbocycles. The molecule has 0 radical (unpaired) electrons. The smallest absolute Gasteiger partial charge is 0.111 e. The molecule has 60 valence electrons. The molecule has 11 heavy (non-hydrogen) atoms. The summed E-state index contributed by atoms with van der Waals surface area (Å²) in [5, 5.41) is 11.1. The van der Waals surface area contributed by atoms with E-state index in [-0.39, 0.29) is 5.54 Å². The van der Waals surface area contributed by atoms with Crippen LogP contribution in [0.25, 0.3) is 0 Å². The molecule has 1 rings (SSSR count). The molecule has 0 amide bonds. The van der Waals surface area contributed by atoms with Crippen LogP contribution in [0.3, 0.4) is 0 Å². The molecule has 1 heterocycles. The van der Waals surface area contributed by atoms with Crippen molar-refractivity contribution in [1.29, 1.82) is 5.41 Å². The zero-order valence-electron chi connectivity index (χ0n) is 6.59. The number of hydrogen-bond donors (Lipinski definition) is 2. The van der Waals surface area contributed by atoms with E-state index >= 15 is 0 Å². The molecule has 1 atom stereocenters. The van der Waals surface area contributed by atoms with E-state index in [0.29, 0.717) is 0 Å². The minimum Gasteiger partial charge on any atom is -0.374 e. The van der Waals surface area contributed by atoms with Crippen LogP contribution >= 0.6 is 11.8 Å². The van der Waals surface area contributed by atoms with Crippen LogP contribution in [-0.2, 0) is 0 Å². The summed E-state index contributed by atoms with van der Waals surface area (Å²) in [7, 11) is 0. The van der Waals surface area contributed by atoms with Crippen molar-refractivity contribution < 1.29 is 0 Å². The van der Waals surface area contributed by atoms with Gasteiger partial charge in [-0.1, -0.05) is 0 Å². The van der Waals surface area contributed by atoms with Crippen molar-refractivity contribution in [3.63, 3.8) is 0 Å². The Morgan fingerprint density at radius 1 is 1.82 bits per heavy atom. The predicted octanol–water partition coefficient (Wildman–Crippen LogP) is 1.23. The topological polar surface area (TPSA) is 48.2 Å². The number of nitrogens with zero attached hydrogens (tertiary/aromatic N) is 1. The second-order valence-corrected chi connectivity index (χ2v) is 3.34. The first-order chi connectivity index (χ1) is 5.20. The summed E-state index contributed by atoms with van der Waals surface area (Å²) < 4.78 is 0. The summed E-state index contributed by atoms with van der Waals surface area (Å²) in [6, 6.07) is 0. The highest BCUT2D eigenvalue weighted by Gasteiger charge is 2.19. The Balaban J connectivity index is 2.70. The van der Waals surface area contributed by atoms with Gasteiger partial charge in [0.25, 0.3) is 0 Å². The number of rotatable bonds is 2. The second-order valence-electron chi connectivity index (χ2n) is 2.52. The molecule has 0 spiro atoms. The first-order valence-electron chi connectivity index (χ1n) is 3.29. The lowest BCUT2D eigenvalue weighted by Crippen LogP contribution is -2.43. The normalized spacial score (nSPS) is 29.1. The maximum Gasteiger partial charge on any atom is 0.111 e. The van der Waals surface area contributed by atoms with E-state index in [0.717, 1.165) is 5.03 Å². The Morgan fingerprint density at radius 3 is 2.91 bits per heavy atom. The van der Waals surface area contributed by atoms with E-state index in [1.165, 1.54) is 6.21 Å². The summed E-state index contributed by atoms with van der Waals surface area (Å²) in [4.78, 5) is 4.16. The van der Waals surface area contributed by atoms with Crippen LogP contribution in [-0.4, -0.2) is 24.2 Å². The van der Waals surface area contributed by atoms with E-state index in [2.05, 4.69) is 10.3 Å². The maximum absolute atomic E-state index is 7.10. The number of thioether (sulfide) groups is 1. The summed E-state index contributed by atoms with van der Waals surface area (Å²) in [5.74, 6) is 0. The Labute approximate surface area is 70.5 Å². The first-order valence-corrected chi connectivity index (χ1v) is 4.51. The van der Waals surface area contributed by atoms with Crippen molar-refractivity contribution in [3.05, 3.63) is 11.2 Å². The lowest BCUT2D eigenvalue weighted by Gasteiger charge is -2.23. The molecule has 1 unspecified atom stereocenters. The van der Waals surface area contributed by atoms with Gasteiger partial charge in [0.05, 0.1) is 0 Å². The third-order valence-electron chi connectivity index (χ3n) is 1.48. The number of aliphatic imine (C=N–C) groups is 1. The molecule has 4 heteroatoms. The van der Waals surface area contributed by atoms with Crippen molar-refractivity contribution in [2.24, 2.45) is 4.99 Å². The minimum atomic E-state index is -0.390. The predicted molar refractivity (Wildman–Crippen MR) is 50.4 cm³/mol. The van der Waals surface area contributed by atoms with Crippen LogP contribution in [0.5, 0.6) is 0 Å². The van der Waals surface area contributed by atoms with Gasteiger partial charge in [0.1, 0.15) is 10.6 Å². The summed E-state index contributed by atoms with van der Waals surface area (Å²) in [6.07, 6.45) is 6.88. The fourth-order valence-corrected chi connectivity index (χ4v) is 1.01. The van der Waals surface area contributed by atoms with E-state index in [9.17, 15) is 0 Å². The Hall–Kier alpha value is -0.770. The number of nitrogens with one attached hydrogen (secondary N) is 2. The maximum atomic E-state index is 7.10. The molecule has 1 aliphatic heterocycles. The van der Waals surface area contributed by atoms with Gasteiger partial charge in [0.2, 0.25) is 0 Å². The van der Waals surface area contributed by atoms with Gasteiger partial charge in [0.15, 0.2) is 0 Å². The lowest BCUT2D eigenvalue weighted by atomic mass is 10.1. The number of hydrogen-bond acceptors (Lipinski definition) is 4. The van der Waals surface area contributed by atoms with Crippen LogP contribution in [0.2, 0.25) is 0 Å². The average molecular weight is 169 g/mol. The van der Waals surface area contributed by atoms with Gasteiger partial charge in [-0.25, -0.2) is 4.99 Å². The second kappa shape index (κ2) is 3.09. The quantitative estimate of drug-likeness (QED) is 0.611. The third-order valence-corrected chi connectivity index (χ3v) is 2.12. The van der Waals surface area contributed by atoms with Crippen molar-refractivity contribution in [3.8, 4) is 0 Å². The molecule has 0 aromatic heterocycles. The van der Waals surface area contributed by atoms with E-state index in [1.54, 1.807) is 18.0 Å². The van der Waals surface area contributed by atoms with Crippen molar-refractivity contribution in [1.82, 2.24) is 5.32 Å². The third kappa shape index (κ3) is 1.83. The largest absolute Gasteiger partial charge is 0.374 e. The average Bonchev–Trinajstić information content (AvgIpc) is 2.06. The van der Waals surface area contributed by atoms with Crippen LogP contribution in [0.4, 0.5) is 0 Å². The van der Waals surface area contributed by atoms with Gasteiger partial charge >= 0.3 is 0 Å². The standard InChI is InChI=1S/C7H11N3S/c1-7(4-8)5-9-6(11-2)3-10-7/h3-5,8,10H,1-2H3. The zero-order chi connectivity index (χ0) is 8.32. The molecule has 0 saturated heterocycles. The van der Waals surface area contributed by atoms with Crippen molar-refractivity contribution in [2.45, 2.75) is 12.5 Å². The Kier molecular flexibility index (Phi) is 2.34. The highest BCUT2D eigenvalue weighted by atomic mass is 32.2. The van der Waals surface area contributed by atoms with E-state index in [1.807, 2.05) is 19.4 Å². The highest BCUT2D eigenvalue weighted by Crippen LogP contribution is 2.16. The Bertz CT molecular complexity index is 222. The Morgan fingerprint density at radius 2 is 2.55 bits per heavy atom. The van der Waals surface area contributed by atoms with Crippen LogP contribution in [0, 0.1) is 5.41 Å². The van der Waals surface area contributed by atoms with Gasteiger partial charge in [0, 0.05) is 18.6 Å². The van der Waals surface area contributed by atoms with Crippen LogP contribution < -0.4 is 5.32 Å². The highest BCUT2D eigenvalue weighted by molar-refractivity contribution is 8.02. The molecule has 0 aromatic rings. The molecule has 0 aromatic carbocycles. The van der Waals surface area contributed by atoms with Gasteiger partial charge < -0.3 is 10.7 Å². The van der Waals surface area contributed by atoms with Crippen LogP contribution in [0.1, 0.15) is 6.92 Å². The lowest BCUT2D eigenvalue weighted by molar-refractivity contribution is 0.706. The molecule has 3 nitrogen and oxygen atoms in total. The van der Waals surface area contributed by atoms with Gasteiger partial charge in [-0.05, 0) is 13.2 Å². The summed E-state index contributed by atoms with van der Waals surface area (Å²) in [5.41, 5.74) is -0.390. The van der Waals surface area contributed by atoms with Crippen molar-refractivity contribution >= 4 is 24.2 Å². The molecule has 0 aliphatic carbocycles. The fourth-order valence-electron chi connectivity index (χ4n) is 0.680. The van der Waals surface area contributed by atoms with E-state index in [4.69, 9.17) is 5.41 Å². The monoisotopic (exact) mass is 169 g/mol. The summed E-state index contributed by atoms with van der Waals surface area (Å²) >= 11 is 1.58. The fraction of sp³-hybridized carbons (Fsp3) is 0.429. The first kappa shape index (κ1) is 8.33. The van der Waals surface area contributed by atoms with Gasteiger partial charge in [-0.15, -0.1) is 11.8 Å². The van der Waals surface area contributed by atoms with Gasteiger partial charge in [-0.3, -0.25) is 0 Å². The molecule has 2 N–H and O–H groups in total. The molecular formula is C7H11N3S. The molecule has 0 fully saturated rings. The van der Waals surface area contributed by atoms with Gasteiger partial charge in [-0.2, -0.15) is 0 Å². The summed E-state index contributed by atoms with van der Waals surface area (Å²) in [6.45, 7) is 1.90. The zero-order valence-corrected chi connectivity index (χ0v) is 7.40. The van der Waals surface area contributed by atoms with Crippen molar-refractivity contribution in [2.75, 3.05) is 6.26 Å². The molecule has 0 bridgehead atoms. The van der Waals surface area contributed by atoms with E-state index < -0.39 is 0 Å². The molecule has 1 aliphatic rings. The SMILES string of the molecule is CSC1=CNC(C)(C=N)C=N1.